The molecule has 110 valence electrons. The van der Waals surface area contributed by atoms with Gasteiger partial charge < -0.3 is 10.2 Å². The summed E-state index contributed by atoms with van der Waals surface area (Å²) >= 11 is 2.24. The highest BCUT2D eigenvalue weighted by Gasteiger charge is 2.35. The van der Waals surface area contributed by atoms with Gasteiger partial charge in [-0.15, -0.1) is 0 Å². The smallest absolute Gasteiger partial charge is 0.0308 e. The van der Waals surface area contributed by atoms with Crippen molar-refractivity contribution in [2.75, 3.05) is 31.9 Å². The normalized spacial score (nSPS) is 33.2. The lowest BCUT2D eigenvalue weighted by molar-refractivity contribution is 0.163. The zero-order chi connectivity index (χ0) is 13.0. The number of hydrogen-bond donors (Lipinski definition) is 1. The van der Waals surface area contributed by atoms with Gasteiger partial charge in [-0.05, 0) is 50.9 Å². The van der Waals surface area contributed by atoms with Gasteiger partial charge in [-0.25, -0.2) is 0 Å². The van der Waals surface area contributed by atoms with Crippen LogP contribution in [0.2, 0.25) is 0 Å². The van der Waals surface area contributed by atoms with Gasteiger partial charge in [0.15, 0.2) is 0 Å². The molecule has 1 aliphatic carbocycles. The molecule has 0 aromatic rings. The van der Waals surface area contributed by atoms with Gasteiger partial charge in [-0.2, -0.15) is 11.8 Å². The van der Waals surface area contributed by atoms with E-state index in [2.05, 4.69) is 22.0 Å². The second-order valence-electron chi connectivity index (χ2n) is 6.85. The van der Waals surface area contributed by atoms with Crippen molar-refractivity contribution in [2.45, 2.75) is 68.6 Å². The quantitative estimate of drug-likeness (QED) is 0.837. The summed E-state index contributed by atoms with van der Waals surface area (Å²) in [4.78, 5) is 2.80. The van der Waals surface area contributed by atoms with E-state index in [9.17, 15) is 0 Å². The van der Waals surface area contributed by atoms with E-state index in [-0.39, 0.29) is 0 Å². The van der Waals surface area contributed by atoms with Crippen LogP contribution < -0.4 is 5.32 Å². The lowest BCUT2D eigenvalue weighted by Gasteiger charge is -2.41. The Morgan fingerprint density at radius 2 is 1.95 bits per heavy atom. The van der Waals surface area contributed by atoms with Crippen LogP contribution in [0.1, 0.15) is 57.8 Å². The van der Waals surface area contributed by atoms with Crippen molar-refractivity contribution < 1.29 is 0 Å². The molecule has 2 heterocycles. The van der Waals surface area contributed by atoms with Gasteiger partial charge in [-0.1, -0.05) is 25.7 Å². The molecule has 1 atom stereocenters. The van der Waals surface area contributed by atoms with E-state index in [0.29, 0.717) is 5.54 Å². The van der Waals surface area contributed by atoms with Crippen molar-refractivity contribution in [3.8, 4) is 0 Å². The van der Waals surface area contributed by atoms with Crippen LogP contribution >= 0.6 is 11.8 Å². The first-order chi connectivity index (χ1) is 9.36. The van der Waals surface area contributed by atoms with Crippen molar-refractivity contribution in [2.24, 2.45) is 0 Å². The molecule has 0 amide bonds. The maximum absolute atomic E-state index is 3.92. The third-order valence-electron chi connectivity index (χ3n) is 5.22. The first kappa shape index (κ1) is 14.2. The molecule has 3 heteroatoms. The molecule has 0 aromatic heterocycles. The van der Waals surface area contributed by atoms with Crippen LogP contribution in [0.25, 0.3) is 0 Å². The Bertz CT molecular complexity index is 270. The third kappa shape index (κ3) is 3.89. The molecule has 19 heavy (non-hydrogen) atoms. The molecule has 3 aliphatic rings. The molecule has 0 aromatic carbocycles. The van der Waals surface area contributed by atoms with Crippen LogP contribution in [-0.4, -0.2) is 47.6 Å². The highest BCUT2D eigenvalue weighted by molar-refractivity contribution is 7.99. The molecule has 1 saturated carbocycles. The van der Waals surface area contributed by atoms with E-state index in [4.69, 9.17) is 0 Å². The van der Waals surface area contributed by atoms with Gasteiger partial charge in [0, 0.05) is 23.9 Å². The molecule has 2 saturated heterocycles. The van der Waals surface area contributed by atoms with Crippen LogP contribution in [0.15, 0.2) is 0 Å². The molecule has 1 unspecified atom stereocenters. The van der Waals surface area contributed by atoms with E-state index in [1.165, 1.54) is 89.7 Å². The summed E-state index contributed by atoms with van der Waals surface area (Å²) in [7, 11) is 0. The average molecular weight is 282 g/mol. The van der Waals surface area contributed by atoms with Crippen molar-refractivity contribution in [3.05, 3.63) is 0 Å². The highest BCUT2D eigenvalue weighted by atomic mass is 32.2. The molecular weight excluding hydrogens is 252 g/mol. The van der Waals surface area contributed by atoms with Gasteiger partial charge in [0.2, 0.25) is 0 Å². The summed E-state index contributed by atoms with van der Waals surface area (Å²) in [5, 5.41) is 4.84. The second kappa shape index (κ2) is 6.82. The van der Waals surface area contributed by atoms with Crippen LogP contribution in [-0.2, 0) is 0 Å². The van der Waals surface area contributed by atoms with Crippen molar-refractivity contribution >= 4 is 11.8 Å². The SMILES string of the molecule is C1CCC2(CC1)CN(CC1CCCCS1)CCCN2. The predicted octanol–water partition coefficient (Wildman–Crippen LogP) is 3.27. The minimum Gasteiger partial charge on any atom is -0.310 e. The Morgan fingerprint density at radius 3 is 2.74 bits per heavy atom. The summed E-state index contributed by atoms with van der Waals surface area (Å²) in [6.07, 6.45) is 12.9. The highest BCUT2D eigenvalue weighted by Crippen LogP contribution is 2.32. The molecule has 2 aliphatic heterocycles. The molecule has 0 bridgehead atoms. The molecule has 1 spiro atoms. The molecule has 3 fully saturated rings. The number of nitrogens with zero attached hydrogens (tertiary/aromatic N) is 1. The Kier molecular flexibility index (Phi) is 5.10. The molecule has 1 N–H and O–H groups in total. The maximum atomic E-state index is 3.92. The van der Waals surface area contributed by atoms with Crippen LogP contribution in [0.4, 0.5) is 0 Å². The number of rotatable bonds is 2. The Morgan fingerprint density at radius 1 is 1.05 bits per heavy atom. The second-order valence-corrected chi connectivity index (χ2v) is 8.25. The number of hydrogen-bond acceptors (Lipinski definition) is 3. The van der Waals surface area contributed by atoms with Gasteiger partial charge in [0.1, 0.15) is 0 Å². The Labute approximate surface area is 123 Å². The summed E-state index contributed by atoms with van der Waals surface area (Å²) < 4.78 is 0. The summed E-state index contributed by atoms with van der Waals surface area (Å²) in [6, 6.07) is 0. The number of thioether (sulfide) groups is 1. The van der Waals surface area contributed by atoms with Gasteiger partial charge in [0.25, 0.3) is 0 Å². The summed E-state index contributed by atoms with van der Waals surface area (Å²) in [5.41, 5.74) is 0.480. The van der Waals surface area contributed by atoms with Crippen molar-refractivity contribution in [1.82, 2.24) is 10.2 Å². The van der Waals surface area contributed by atoms with Crippen molar-refractivity contribution in [1.29, 1.82) is 0 Å². The van der Waals surface area contributed by atoms with Crippen LogP contribution in [0.3, 0.4) is 0 Å². The minimum absolute atomic E-state index is 0.480. The zero-order valence-electron chi connectivity index (χ0n) is 12.3. The Hall–Kier alpha value is 0.270. The third-order valence-corrected chi connectivity index (χ3v) is 6.60. The fourth-order valence-electron chi connectivity index (χ4n) is 4.18. The van der Waals surface area contributed by atoms with E-state index >= 15 is 0 Å². The van der Waals surface area contributed by atoms with E-state index < -0.39 is 0 Å². The minimum atomic E-state index is 0.480. The fraction of sp³-hybridized carbons (Fsp3) is 1.00. The lowest BCUT2D eigenvalue weighted by atomic mass is 9.81. The summed E-state index contributed by atoms with van der Waals surface area (Å²) in [5.74, 6) is 1.40. The first-order valence-corrected chi connectivity index (χ1v) is 9.50. The monoisotopic (exact) mass is 282 g/mol. The fourth-order valence-corrected chi connectivity index (χ4v) is 5.53. The largest absolute Gasteiger partial charge is 0.310 e. The summed E-state index contributed by atoms with van der Waals surface area (Å²) in [6.45, 7) is 5.25. The number of nitrogens with one attached hydrogen (secondary N) is 1. The molecule has 3 rings (SSSR count). The van der Waals surface area contributed by atoms with E-state index in [0.717, 1.165) is 5.25 Å². The maximum Gasteiger partial charge on any atom is 0.0308 e. The average Bonchev–Trinajstić information content (AvgIpc) is 2.63. The van der Waals surface area contributed by atoms with Gasteiger partial charge >= 0.3 is 0 Å². The van der Waals surface area contributed by atoms with Crippen LogP contribution in [0.5, 0.6) is 0 Å². The van der Waals surface area contributed by atoms with E-state index in [1.807, 2.05) is 0 Å². The standard InChI is InChI=1S/C16H30N2S/c1-3-8-16(9-4-1)14-18(11-6-10-17-16)13-15-7-2-5-12-19-15/h15,17H,1-14H2. The van der Waals surface area contributed by atoms with E-state index in [1.54, 1.807) is 0 Å². The zero-order valence-corrected chi connectivity index (χ0v) is 13.1. The van der Waals surface area contributed by atoms with Crippen molar-refractivity contribution in [3.63, 3.8) is 0 Å². The molecule has 0 radical (unpaired) electrons. The van der Waals surface area contributed by atoms with Gasteiger partial charge in [-0.3, -0.25) is 0 Å². The van der Waals surface area contributed by atoms with Crippen LogP contribution in [0, 0.1) is 0 Å². The Balaban J connectivity index is 1.57. The molecule has 2 nitrogen and oxygen atoms in total. The van der Waals surface area contributed by atoms with Gasteiger partial charge in [0.05, 0.1) is 0 Å². The lowest BCUT2D eigenvalue weighted by Crippen LogP contribution is -2.53. The first-order valence-electron chi connectivity index (χ1n) is 8.45. The predicted molar refractivity (Wildman–Crippen MR) is 85.0 cm³/mol. The topological polar surface area (TPSA) is 15.3 Å². The molecular formula is C16H30N2S.